The van der Waals surface area contributed by atoms with E-state index in [1.807, 2.05) is 12.1 Å². The van der Waals surface area contributed by atoms with Gasteiger partial charge in [0, 0.05) is 25.2 Å². The summed E-state index contributed by atoms with van der Waals surface area (Å²) in [5, 5.41) is 3.62. The van der Waals surface area contributed by atoms with Gasteiger partial charge in [0.2, 0.25) is 0 Å². The summed E-state index contributed by atoms with van der Waals surface area (Å²) in [4.78, 5) is 2.53. The van der Waals surface area contributed by atoms with Gasteiger partial charge in [0.1, 0.15) is 5.82 Å². The van der Waals surface area contributed by atoms with Crippen LogP contribution in [0.3, 0.4) is 0 Å². The van der Waals surface area contributed by atoms with E-state index < -0.39 is 0 Å². The van der Waals surface area contributed by atoms with Crippen LogP contribution in [0.25, 0.3) is 0 Å². The molecule has 18 heavy (non-hydrogen) atoms. The number of fused-ring (bicyclic) bond motifs is 1. The maximum absolute atomic E-state index is 12.9. The Morgan fingerprint density at radius 3 is 2.78 bits per heavy atom. The van der Waals surface area contributed by atoms with Gasteiger partial charge in [-0.1, -0.05) is 12.1 Å². The van der Waals surface area contributed by atoms with Crippen molar-refractivity contribution in [3.63, 3.8) is 0 Å². The molecule has 2 saturated heterocycles. The van der Waals surface area contributed by atoms with Crippen molar-refractivity contribution in [2.24, 2.45) is 5.92 Å². The van der Waals surface area contributed by atoms with E-state index in [0.717, 1.165) is 12.5 Å². The van der Waals surface area contributed by atoms with Crippen molar-refractivity contribution in [1.29, 1.82) is 0 Å². The summed E-state index contributed by atoms with van der Waals surface area (Å²) in [5.74, 6) is 0.657. The van der Waals surface area contributed by atoms with Crippen LogP contribution in [0.2, 0.25) is 0 Å². The Balaban J connectivity index is 1.70. The first-order chi connectivity index (χ1) is 8.74. The van der Waals surface area contributed by atoms with Gasteiger partial charge in [-0.2, -0.15) is 0 Å². The molecule has 0 amide bonds. The molecule has 1 aromatic rings. The second-order valence-electron chi connectivity index (χ2n) is 5.64. The van der Waals surface area contributed by atoms with E-state index in [2.05, 4.69) is 17.1 Å². The standard InChI is InChI=1S/C15H21FN2/c1-11(12-4-6-14(16)7-5-12)18-9-13-3-2-8-17-15(13)10-18/h4-7,11,13,15,17H,2-3,8-10H2,1H3/t11?,13-,15+/m0/s1. The third kappa shape index (κ3) is 2.29. The normalized spacial score (nSPS) is 30.1. The molecule has 1 N–H and O–H groups in total. The molecule has 2 nitrogen and oxygen atoms in total. The fourth-order valence-electron chi connectivity index (χ4n) is 3.35. The van der Waals surface area contributed by atoms with E-state index in [1.54, 1.807) is 12.1 Å². The van der Waals surface area contributed by atoms with Gasteiger partial charge in [0.15, 0.2) is 0 Å². The number of likely N-dealkylation sites (tertiary alicyclic amines) is 1. The number of nitrogens with one attached hydrogen (secondary N) is 1. The third-order valence-electron chi connectivity index (χ3n) is 4.53. The largest absolute Gasteiger partial charge is 0.312 e. The SMILES string of the molecule is CC(c1ccc(F)cc1)N1C[C@@H]2CCCN[C@@H]2C1. The van der Waals surface area contributed by atoms with Crippen LogP contribution in [0.15, 0.2) is 24.3 Å². The zero-order valence-corrected chi connectivity index (χ0v) is 10.9. The quantitative estimate of drug-likeness (QED) is 0.865. The first-order valence-electron chi connectivity index (χ1n) is 6.97. The molecular weight excluding hydrogens is 227 g/mol. The van der Waals surface area contributed by atoms with Crippen LogP contribution < -0.4 is 5.32 Å². The topological polar surface area (TPSA) is 15.3 Å². The van der Waals surface area contributed by atoms with Gasteiger partial charge in [-0.15, -0.1) is 0 Å². The highest BCUT2D eigenvalue weighted by atomic mass is 19.1. The lowest BCUT2D eigenvalue weighted by molar-refractivity contribution is 0.250. The first-order valence-corrected chi connectivity index (χ1v) is 6.97. The van der Waals surface area contributed by atoms with E-state index >= 15 is 0 Å². The summed E-state index contributed by atoms with van der Waals surface area (Å²) in [6.07, 6.45) is 2.66. The van der Waals surface area contributed by atoms with Crippen molar-refractivity contribution < 1.29 is 4.39 Å². The van der Waals surface area contributed by atoms with Crippen LogP contribution in [0.1, 0.15) is 31.4 Å². The second-order valence-corrected chi connectivity index (χ2v) is 5.64. The smallest absolute Gasteiger partial charge is 0.123 e. The molecule has 0 aliphatic carbocycles. The number of hydrogen-bond donors (Lipinski definition) is 1. The average molecular weight is 248 g/mol. The lowest BCUT2D eigenvalue weighted by Gasteiger charge is -2.25. The zero-order chi connectivity index (χ0) is 12.5. The third-order valence-corrected chi connectivity index (χ3v) is 4.53. The predicted molar refractivity (Wildman–Crippen MR) is 70.9 cm³/mol. The van der Waals surface area contributed by atoms with Crippen molar-refractivity contribution >= 4 is 0 Å². The molecule has 3 heteroatoms. The van der Waals surface area contributed by atoms with Gasteiger partial charge in [-0.25, -0.2) is 4.39 Å². The Labute approximate surface area is 108 Å². The fraction of sp³-hybridized carbons (Fsp3) is 0.600. The Morgan fingerprint density at radius 2 is 2.06 bits per heavy atom. The average Bonchev–Trinajstić information content (AvgIpc) is 2.82. The lowest BCUT2D eigenvalue weighted by Crippen LogP contribution is -2.40. The minimum absolute atomic E-state index is 0.150. The van der Waals surface area contributed by atoms with Gasteiger partial charge >= 0.3 is 0 Å². The van der Waals surface area contributed by atoms with Crippen molar-refractivity contribution in [3.8, 4) is 0 Å². The van der Waals surface area contributed by atoms with E-state index in [0.29, 0.717) is 12.1 Å². The summed E-state index contributed by atoms with van der Waals surface area (Å²) in [6.45, 7) is 5.70. The van der Waals surface area contributed by atoms with Crippen LogP contribution in [-0.2, 0) is 0 Å². The number of piperidine rings is 1. The first kappa shape index (κ1) is 12.1. The number of halogens is 1. The molecule has 3 atom stereocenters. The van der Waals surface area contributed by atoms with E-state index in [-0.39, 0.29) is 5.82 Å². The predicted octanol–water partition coefficient (Wildman–Crippen LogP) is 2.57. The number of benzene rings is 1. The van der Waals surface area contributed by atoms with Crippen molar-refractivity contribution in [3.05, 3.63) is 35.6 Å². The number of rotatable bonds is 2. The molecule has 0 radical (unpaired) electrons. The minimum Gasteiger partial charge on any atom is -0.312 e. The molecule has 3 rings (SSSR count). The molecule has 0 saturated carbocycles. The van der Waals surface area contributed by atoms with Crippen LogP contribution >= 0.6 is 0 Å². The van der Waals surface area contributed by atoms with Gasteiger partial charge in [0.05, 0.1) is 0 Å². The van der Waals surface area contributed by atoms with Crippen LogP contribution in [-0.4, -0.2) is 30.6 Å². The highest BCUT2D eigenvalue weighted by molar-refractivity contribution is 5.20. The summed E-state index contributed by atoms with van der Waals surface area (Å²) in [6, 6.07) is 8.00. The maximum Gasteiger partial charge on any atom is 0.123 e. The lowest BCUT2D eigenvalue weighted by atomic mass is 9.94. The van der Waals surface area contributed by atoms with Gasteiger partial charge in [-0.3, -0.25) is 4.90 Å². The molecule has 2 fully saturated rings. The molecule has 1 unspecified atom stereocenters. The fourth-order valence-corrected chi connectivity index (χ4v) is 3.35. The molecule has 1 aromatic carbocycles. The number of nitrogens with zero attached hydrogens (tertiary/aromatic N) is 1. The molecule has 2 heterocycles. The van der Waals surface area contributed by atoms with Crippen molar-refractivity contribution in [2.45, 2.75) is 31.8 Å². The minimum atomic E-state index is -0.150. The van der Waals surface area contributed by atoms with Gasteiger partial charge < -0.3 is 5.32 Å². The Bertz CT molecular complexity index is 389. The zero-order valence-electron chi connectivity index (χ0n) is 10.9. The summed E-state index contributed by atoms with van der Waals surface area (Å²) in [5.41, 5.74) is 1.22. The van der Waals surface area contributed by atoms with Crippen LogP contribution in [0.5, 0.6) is 0 Å². The summed E-state index contributed by atoms with van der Waals surface area (Å²) in [7, 11) is 0. The summed E-state index contributed by atoms with van der Waals surface area (Å²) < 4.78 is 12.9. The van der Waals surface area contributed by atoms with E-state index in [9.17, 15) is 4.39 Å². The Hall–Kier alpha value is -0.930. The second kappa shape index (κ2) is 4.98. The molecule has 0 spiro atoms. The van der Waals surface area contributed by atoms with Crippen molar-refractivity contribution in [2.75, 3.05) is 19.6 Å². The monoisotopic (exact) mass is 248 g/mol. The highest BCUT2D eigenvalue weighted by Gasteiger charge is 2.36. The molecule has 0 bridgehead atoms. The van der Waals surface area contributed by atoms with E-state index in [1.165, 1.54) is 31.5 Å². The van der Waals surface area contributed by atoms with E-state index in [4.69, 9.17) is 0 Å². The van der Waals surface area contributed by atoms with Gasteiger partial charge in [0.25, 0.3) is 0 Å². The maximum atomic E-state index is 12.9. The molecule has 2 aliphatic heterocycles. The molecule has 0 aromatic heterocycles. The molecule has 98 valence electrons. The van der Waals surface area contributed by atoms with Crippen LogP contribution in [0.4, 0.5) is 4.39 Å². The molecular formula is C15H21FN2. The highest BCUT2D eigenvalue weighted by Crippen LogP contribution is 2.31. The number of hydrogen-bond acceptors (Lipinski definition) is 2. The van der Waals surface area contributed by atoms with Gasteiger partial charge in [-0.05, 0) is 49.9 Å². The Morgan fingerprint density at radius 1 is 1.28 bits per heavy atom. The molecule has 2 aliphatic rings. The van der Waals surface area contributed by atoms with Crippen LogP contribution in [0, 0.1) is 11.7 Å². The van der Waals surface area contributed by atoms with Crippen molar-refractivity contribution in [1.82, 2.24) is 10.2 Å². The summed E-state index contributed by atoms with van der Waals surface area (Å²) >= 11 is 0. The Kier molecular flexibility index (Phi) is 3.35.